The molecule has 0 aromatic heterocycles. The van der Waals surface area contributed by atoms with Crippen molar-refractivity contribution in [2.45, 2.75) is 20.3 Å². The van der Waals surface area contributed by atoms with Gasteiger partial charge in [0.2, 0.25) is 0 Å². The Morgan fingerprint density at radius 2 is 1.93 bits per heavy atom. The molecule has 0 aliphatic carbocycles. The highest BCUT2D eigenvalue weighted by Crippen LogP contribution is 2.08. The fourth-order valence-corrected chi connectivity index (χ4v) is 1.18. The van der Waals surface area contributed by atoms with Gasteiger partial charge in [0.15, 0.2) is 5.78 Å². The van der Waals surface area contributed by atoms with Gasteiger partial charge in [0.1, 0.15) is 5.75 Å². The number of ether oxygens (including phenoxy) is 1. The normalized spacial score (nSPS) is 9.47. The van der Waals surface area contributed by atoms with Crippen LogP contribution in [-0.2, 0) is 4.79 Å². The molecule has 1 aromatic carbocycles. The molecule has 15 heavy (non-hydrogen) atoms. The van der Waals surface area contributed by atoms with Gasteiger partial charge in [-0.25, -0.2) is 0 Å². The van der Waals surface area contributed by atoms with Crippen molar-refractivity contribution in [3.8, 4) is 5.75 Å². The molecule has 0 radical (unpaired) electrons. The molecule has 0 amide bonds. The highest BCUT2D eigenvalue weighted by atomic mass is 16.5. The fourth-order valence-electron chi connectivity index (χ4n) is 1.18. The smallest absolute Gasteiger partial charge is 0.159 e. The molecule has 0 spiro atoms. The van der Waals surface area contributed by atoms with Gasteiger partial charge >= 0.3 is 0 Å². The predicted molar refractivity (Wildman–Crippen MR) is 61.0 cm³/mol. The molecule has 0 unspecified atom stereocenters. The Balaban J connectivity index is 2.28. The second-order valence-corrected chi connectivity index (χ2v) is 3.60. The van der Waals surface area contributed by atoms with Crippen LogP contribution in [0.5, 0.6) is 5.75 Å². The first kappa shape index (κ1) is 11.5. The summed E-state index contributed by atoms with van der Waals surface area (Å²) in [5.74, 6) is 0.924. The van der Waals surface area contributed by atoms with Crippen LogP contribution in [0.2, 0.25) is 0 Å². The molecule has 80 valence electrons. The maximum absolute atomic E-state index is 11.3. The van der Waals surface area contributed by atoms with E-state index in [0.29, 0.717) is 13.0 Å². The van der Waals surface area contributed by atoms with Crippen molar-refractivity contribution in [2.75, 3.05) is 6.61 Å². The maximum Gasteiger partial charge on any atom is 0.159 e. The summed E-state index contributed by atoms with van der Waals surface area (Å²) < 4.78 is 5.41. The first-order chi connectivity index (χ1) is 7.18. The number of hydrogen-bond acceptors (Lipinski definition) is 2. The van der Waals surface area contributed by atoms with E-state index < -0.39 is 0 Å². The van der Waals surface area contributed by atoms with Gasteiger partial charge in [-0.1, -0.05) is 23.8 Å². The molecule has 0 heterocycles. The molecule has 0 saturated carbocycles. The standard InChI is InChI=1S/C13H16O2/c1-11(2)10-12(14)8-9-15-13-6-4-3-5-7-13/h3-7,10H,8-9H2,1-2H3. The minimum atomic E-state index is 0.117. The number of carbonyl (C=O) groups is 1. The molecule has 2 heteroatoms. The molecule has 0 bridgehead atoms. The Bertz CT molecular complexity index is 335. The van der Waals surface area contributed by atoms with Crippen LogP contribution < -0.4 is 4.74 Å². The lowest BCUT2D eigenvalue weighted by molar-refractivity contribution is -0.115. The van der Waals surface area contributed by atoms with E-state index in [1.807, 2.05) is 44.2 Å². The summed E-state index contributed by atoms with van der Waals surface area (Å²) in [6.45, 7) is 4.26. The Labute approximate surface area is 90.6 Å². The number of para-hydroxylation sites is 1. The maximum atomic E-state index is 11.3. The third-order valence-corrected chi connectivity index (χ3v) is 1.81. The summed E-state index contributed by atoms with van der Waals surface area (Å²) in [5.41, 5.74) is 1.03. The van der Waals surface area contributed by atoms with Crippen molar-refractivity contribution in [2.24, 2.45) is 0 Å². The highest BCUT2D eigenvalue weighted by Gasteiger charge is 1.98. The Hall–Kier alpha value is -1.57. The number of hydrogen-bond donors (Lipinski definition) is 0. The summed E-state index contributed by atoms with van der Waals surface area (Å²) in [6, 6.07) is 9.51. The van der Waals surface area contributed by atoms with Crippen molar-refractivity contribution >= 4 is 5.78 Å². The van der Waals surface area contributed by atoms with Crippen LogP contribution in [-0.4, -0.2) is 12.4 Å². The van der Waals surface area contributed by atoms with Gasteiger partial charge in [0, 0.05) is 6.42 Å². The van der Waals surface area contributed by atoms with Gasteiger partial charge in [0.25, 0.3) is 0 Å². The third-order valence-electron chi connectivity index (χ3n) is 1.81. The van der Waals surface area contributed by atoms with Crippen molar-refractivity contribution in [1.82, 2.24) is 0 Å². The topological polar surface area (TPSA) is 26.3 Å². The molecular formula is C13H16O2. The van der Waals surface area contributed by atoms with Gasteiger partial charge in [-0.15, -0.1) is 0 Å². The molecule has 1 aromatic rings. The largest absolute Gasteiger partial charge is 0.493 e. The molecule has 0 saturated heterocycles. The van der Waals surface area contributed by atoms with E-state index in [4.69, 9.17) is 4.74 Å². The first-order valence-corrected chi connectivity index (χ1v) is 5.04. The molecule has 0 aliphatic rings. The summed E-state index contributed by atoms with van der Waals surface area (Å²) in [6.07, 6.45) is 2.08. The average Bonchev–Trinajstić information content (AvgIpc) is 2.18. The van der Waals surface area contributed by atoms with Crippen LogP contribution in [0, 0.1) is 0 Å². The molecule has 1 rings (SSSR count). The number of ketones is 1. The SMILES string of the molecule is CC(C)=CC(=O)CCOc1ccccc1. The quantitative estimate of drug-likeness (QED) is 0.689. The molecule has 0 N–H and O–H groups in total. The lowest BCUT2D eigenvalue weighted by Crippen LogP contribution is -2.04. The number of allylic oxidation sites excluding steroid dienone is 2. The lowest BCUT2D eigenvalue weighted by atomic mass is 10.2. The van der Waals surface area contributed by atoms with E-state index in [2.05, 4.69) is 0 Å². The van der Waals surface area contributed by atoms with Crippen LogP contribution in [0.3, 0.4) is 0 Å². The molecule has 0 aliphatic heterocycles. The average molecular weight is 204 g/mol. The second-order valence-electron chi connectivity index (χ2n) is 3.60. The molecule has 2 nitrogen and oxygen atoms in total. The van der Waals surface area contributed by atoms with Gasteiger partial charge < -0.3 is 4.74 Å². The van der Waals surface area contributed by atoms with E-state index in [1.54, 1.807) is 6.08 Å². The Morgan fingerprint density at radius 1 is 1.27 bits per heavy atom. The van der Waals surface area contributed by atoms with Gasteiger partial charge in [-0.3, -0.25) is 4.79 Å². The van der Waals surface area contributed by atoms with E-state index in [0.717, 1.165) is 11.3 Å². The zero-order chi connectivity index (χ0) is 11.1. The molecular weight excluding hydrogens is 188 g/mol. The fraction of sp³-hybridized carbons (Fsp3) is 0.308. The van der Waals surface area contributed by atoms with Crippen molar-refractivity contribution in [3.63, 3.8) is 0 Å². The Morgan fingerprint density at radius 3 is 2.53 bits per heavy atom. The molecule has 0 atom stereocenters. The van der Waals surface area contributed by atoms with Gasteiger partial charge in [-0.05, 0) is 32.1 Å². The van der Waals surface area contributed by atoms with Crippen LogP contribution in [0.4, 0.5) is 0 Å². The predicted octanol–water partition coefficient (Wildman–Crippen LogP) is 2.99. The third kappa shape index (κ3) is 5.01. The summed E-state index contributed by atoms with van der Waals surface area (Å²) in [5, 5.41) is 0. The van der Waals surface area contributed by atoms with E-state index in [1.165, 1.54) is 0 Å². The van der Waals surface area contributed by atoms with Crippen molar-refractivity contribution < 1.29 is 9.53 Å². The number of rotatable bonds is 5. The monoisotopic (exact) mass is 204 g/mol. The van der Waals surface area contributed by atoms with E-state index in [9.17, 15) is 4.79 Å². The van der Waals surface area contributed by atoms with Gasteiger partial charge in [-0.2, -0.15) is 0 Å². The lowest BCUT2D eigenvalue weighted by Gasteiger charge is -2.03. The van der Waals surface area contributed by atoms with Crippen LogP contribution in [0.15, 0.2) is 42.0 Å². The van der Waals surface area contributed by atoms with Crippen LogP contribution in [0.25, 0.3) is 0 Å². The van der Waals surface area contributed by atoms with E-state index >= 15 is 0 Å². The van der Waals surface area contributed by atoms with Crippen molar-refractivity contribution in [1.29, 1.82) is 0 Å². The van der Waals surface area contributed by atoms with Crippen LogP contribution in [0.1, 0.15) is 20.3 Å². The minimum absolute atomic E-state index is 0.117. The summed E-state index contributed by atoms with van der Waals surface area (Å²) >= 11 is 0. The first-order valence-electron chi connectivity index (χ1n) is 5.04. The minimum Gasteiger partial charge on any atom is -0.493 e. The molecule has 0 fully saturated rings. The summed E-state index contributed by atoms with van der Waals surface area (Å²) in [7, 11) is 0. The second kappa shape index (κ2) is 6.02. The van der Waals surface area contributed by atoms with Gasteiger partial charge in [0.05, 0.1) is 6.61 Å². The highest BCUT2D eigenvalue weighted by molar-refractivity contribution is 5.90. The number of carbonyl (C=O) groups excluding carboxylic acids is 1. The summed E-state index contributed by atoms with van der Waals surface area (Å²) in [4.78, 5) is 11.3. The number of benzene rings is 1. The van der Waals surface area contributed by atoms with E-state index in [-0.39, 0.29) is 5.78 Å². The zero-order valence-corrected chi connectivity index (χ0v) is 9.19. The van der Waals surface area contributed by atoms with Crippen LogP contribution >= 0.6 is 0 Å². The Kier molecular flexibility index (Phi) is 4.61. The van der Waals surface area contributed by atoms with Crippen molar-refractivity contribution in [3.05, 3.63) is 42.0 Å². The zero-order valence-electron chi connectivity index (χ0n) is 9.19.